The zero-order chi connectivity index (χ0) is 102. The average molecular weight is 1930 g/mol. The Morgan fingerprint density at radius 2 is 0.783 bits per heavy atom. The van der Waals surface area contributed by atoms with Crippen LogP contribution < -0.4 is 5.32 Å². The molecule has 15 heterocycles. The largest absolute Gasteiger partial charge is 0.426 e. The Labute approximate surface area is 780 Å². The lowest BCUT2D eigenvalue weighted by atomic mass is 9.64. The number of allylic oxidation sites excluding steroid dienone is 2. The second kappa shape index (κ2) is 49.9. The highest BCUT2D eigenvalue weighted by Gasteiger charge is 2.64. The number of alkyl carbamates (subject to hydrolysis) is 1. The van der Waals surface area contributed by atoms with Gasteiger partial charge in [-0.3, -0.25) is 86.3 Å². The number of esters is 28. The molecule has 0 aromatic heterocycles. The maximum absolute atomic E-state index is 11.6. The Bertz CT molecular complexity index is 5230. The molecule has 22 rings (SSSR count). The minimum absolute atomic E-state index is 0.0532. The van der Waals surface area contributed by atoms with Gasteiger partial charge in [-0.05, 0) is 101 Å². The second-order valence-electron chi connectivity index (χ2n) is 32.4. The molecule has 15 aliphatic heterocycles. The summed E-state index contributed by atoms with van der Waals surface area (Å²) >= 11 is 0. The number of benzene rings is 2. The van der Waals surface area contributed by atoms with Gasteiger partial charge in [0, 0.05) is 60.4 Å². The number of ether oxygens (including phenoxy) is 16. The molecule has 5 aliphatic carbocycles. The molecule has 1 N–H and O–H groups in total. The van der Waals surface area contributed by atoms with Crippen LogP contribution in [0.25, 0.3) is 5.76 Å². The zero-order valence-corrected chi connectivity index (χ0v) is 74.1. The van der Waals surface area contributed by atoms with Gasteiger partial charge in [0.25, 0.3) is 0 Å². The molecule has 10 unspecified atom stereocenters. The van der Waals surface area contributed by atoms with Gasteiger partial charge in [-0.2, -0.15) is 0 Å². The van der Waals surface area contributed by atoms with Crippen molar-refractivity contribution in [3.8, 4) is 0 Å². The van der Waals surface area contributed by atoms with E-state index in [1.807, 2.05) is 57.2 Å². The summed E-state index contributed by atoms with van der Waals surface area (Å²) < 4.78 is 68.9. The lowest BCUT2D eigenvalue weighted by Gasteiger charge is -2.41. The van der Waals surface area contributed by atoms with Gasteiger partial charge in [-0.1, -0.05) is 101 Å². The van der Waals surface area contributed by atoms with Crippen LogP contribution >= 0.6 is 0 Å². The summed E-state index contributed by atoms with van der Waals surface area (Å²) in [5, 5.41) is 2.33. The third-order valence-electron chi connectivity index (χ3n) is 22.6. The number of rotatable bonds is 0. The van der Waals surface area contributed by atoms with E-state index < -0.39 is 101 Å². The van der Waals surface area contributed by atoms with E-state index in [1.54, 1.807) is 24.3 Å². The minimum Gasteiger partial charge on any atom is -0.426 e. The number of hydrogen-bond donors (Lipinski definition) is 1. The van der Waals surface area contributed by atoms with Crippen LogP contribution in [0.15, 0.2) is 115 Å². The minimum atomic E-state index is -0.638. The first-order valence-corrected chi connectivity index (χ1v) is 42.5. The molecule has 1 amide bonds. The van der Waals surface area contributed by atoms with Gasteiger partial charge in [0.15, 0.2) is 0 Å². The van der Waals surface area contributed by atoms with Crippen LogP contribution in [0.4, 0.5) is 4.79 Å². The fourth-order valence-corrected chi connectivity index (χ4v) is 14.7. The molecule has 2 aromatic rings. The highest BCUT2D eigenvalue weighted by atomic mass is 16.7. The number of nitrogens with one attached hydrogen (secondary N) is 1. The first-order chi connectivity index (χ1) is 65.2. The Kier molecular flexibility index (Phi) is 38.8. The van der Waals surface area contributed by atoms with E-state index in [-0.39, 0.29) is 187 Å². The Morgan fingerprint density at radius 1 is 0.341 bits per heavy atom. The normalized spacial score (nSPS) is 26.0. The number of cyclic esters (lactones) is 29. The Balaban J connectivity index is 0.000000182. The van der Waals surface area contributed by atoms with Crippen molar-refractivity contribution in [1.82, 2.24) is 5.32 Å². The van der Waals surface area contributed by atoms with Crippen molar-refractivity contribution in [2.24, 2.45) is 64.1 Å². The monoisotopic (exact) mass is 1930 g/mol. The summed E-state index contributed by atoms with van der Waals surface area (Å²) in [5.41, 5.74) is 2.58. The van der Waals surface area contributed by atoms with Crippen LogP contribution in [0.1, 0.15) is 188 Å². The van der Waals surface area contributed by atoms with Crippen molar-refractivity contribution in [2.75, 3.05) is 19.8 Å². The average Bonchev–Trinajstić information content (AvgIpc) is 1.56. The van der Waals surface area contributed by atoms with Gasteiger partial charge in [-0.25, -0.2) is 52.7 Å². The van der Waals surface area contributed by atoms with Crippen LogP contribution in [0.2, 0.25) is 0 Å². The van der Waals surface area contributed by atoms with Crippen molar-refractivity contribution in [3.63, 3.8) is 0 Å². The molecule has 46 nitrogen and oxygen atoms in total. The quantitative estimate of drug-likeness (QED) is 0.125. The fraction of sp³-hybridized carbons (Fsp3) is 0.424. The summed E-state index contributed by atoms with van der Waals surface area (Å²) in [7, 11) is 0. The SMILES string of the molecule is C=C1CC(=O)OC1=O.C=C1OC(=O)Cc2ccccc21.CC12CCC(C(=O)OC1=O)C2(C)C.CC1=CC(=O)OC1=O.O=C1C=CC(=O)O1.O=C1C=CCC(=O)O1.O=C1CCC(=O)O1.O=C1CCCC(=O)O1.O=C1CCNC(=O)O1.O=C1COCC(=O)O1.O=C1OC(=O)C2CC12.O=C1OC(=O)C2CC=CCC12.O=C1OC(=O)C2CCCC12.O=C1OC(=O)C2CCCCC12.O=C1OC(=O)c2ccccc21. The van der Waals surface area contributed by atoms with Crippen LogP contribution in [-0.4, -0.2) is 193 Å². The van der Waals surface area contributed by atoms with Crippen LogP contribution in [0.5, 0.6) is 0 Å². The number of carbonyl (C=O) groups is 29. The molecular formula is C92H89NO45. The van der Waals surface area contributed by atoms with E-state index in [2.05, 4.69) is 84.8 Å². The highest BCUT2D eigenvalue weighted by Crippen LogP contribution is 2.59. The van der Waals surface area contributed by atoms with Crippen LogP contribution in [0, 0.1) is 64.1 Å². The number of carbonyl (C=O) groups excluding carboxylic acids is 29. The lowest BCUT2D eigenvalue weighted by molar-refractivity contribution is -0.185. The highest BCUT2D eigenvalue weighted by molar-refractivity contribution is 6.15. The summed E-state index contributed by atoms with van der Waals surface area (Å²) in [4.78, 5) is 304. The molecule has 14 fully saturated rings. The van der Waals surface area contributed by atoms with Gasteiger partial charge in [0.2, 0.25) is 0 Å². The molecule has 2 bridgehead atoms. The smallest absolute Gasteiger partial charge is 0.414 e. The van der Waals surface area contributed by atoms with Gasteiger partial charge >= 0.3 is 173 Å². The number of amides is 1. The van der Waals surface area contributed by atoms with Crippen molar-refractivity contribution in [1.29, 1.82) is 0 Å². The number of hydrogen-bond acceptors (Lipinski definition) is 45. The summed E-state index contributed by atoms with van der Waals surface area (Å²) in [5.74, 6) is -12.6. The maximum atomic E-state index is 11.6. The summed E-state index contributed by atoms with van der Waals surface area (Å²) in [6, 6.07) is 14.2. The molecule has 20 aliphatic rings. The van der Waals surface area contributed by atoms with E-state index >= 15 is 0 Å². The molecule has 46 heteroatoms. The van der Waals surface area contributed by atoms with Gasteiger partial charge in [-0.15, -0.1) is 0 Å². The predicted octanol–water partition coefficient (Wildman–Crippen LogP) is 4.48. The maximum Gasteiger partial charge on any atom is 0.414 e. The van der Waals surface area contributed by atoms with Crippen molar-refractivity contribution in [2.45, 2.75) is 163 Å². The van der Waals surface area contributed by atoms with Crippen molar-refractivity contribution < 1.29 is 215 Å². The molecule has 732 valence electrons. The first-order valence-electron chi connectivity index (χ1n) is 42.5. The summed E-state index contributed by atoms with van der Waals surface area (Å²) in [6.45, 7) is 14.6. The molecular weight excluding hydrogens is 1840 g/mol. The molecule has 0 radical (unpaired) electrons. The van der Waals surface area contributed by atoms with E-state index in [0.29, 0.717) is 67.5 Å². The zero-order valence-electron chi connectivity index (χ0n) is 74.1. The molecule has 4 saturated carbocycles. The van der Waals surface area contributed by atoms with E-state index in [9.17, 15) is 139 Å². The molecule has 10 atom stereocenters. The lowest BCUT2D eigenvalue weighted by Crippen LogP contribution is -2.49. The van der Waals surface area contributed by atoms with Crippen LogP contribution in [-0.2, 0) is 207 Å². The molecule has 138 heavy (non-hydrogen) atoms. The standard InChI is InChI=1S/C10H14O3.C10H8O2.C8H10O3.C8H8O3.C8H4O3.C7H8O3.3C5H4O3.C5H6O3.C5H4O3.C4H5NO3.C4H4O4.C4H4O3.C4H2O3/c1-9(2)6-4-5-10(9,3)8(12)13-7(6)11;1-7-9-5-3-2-4-8(9)6-10(11)12-7;3*9-7-5-3-1-2-4-6(5)8(10)11-7;8-6-4-2-1-3-5(4)7(9)10-6;6-4-2-1-3(2)5(7)8-4;2*1-3-2-4(6)8-5(3)7;2*6-4-2-1-3-5(7)8-4;6-3-1-2-5-4(7)8-3;5-3-1-7-2-4(6)8-3;2*5-3-1-2-4(6)7-3/h6H,4-5H2,1-3H3;2-5H,1,6H2;5-6H,1-4H2;1-2,5-6H,3-4H2;1-4H;4-5H,1-3H2;2-3H,1H2;2H,1H3;1-2H2;1-3H2;1-2H,3H2;1-2H2,(H,5,7);1-2H2;1-2H2;1-2H. The second-order valence-corrected chi connectivity index (χ2v) is 32.4. The first kappa shape index (κ1) is 107. The van der Waals surface area contributed by atoms with Gasteiger partial charge in [0.1, 0.15) is 19.0 Å². The number of fused-ring (bicyclic) bond motifs is 8. The summed E-state index contributed by atoms with van der Waals surface area (Å²) in [6.07, 6.45) is 22.3. The third kappa shape index (κ3) is 31.3. The Morgan fingerprint density at radius 3 is 1.12 bits per heavy atom. The van der Waals surface area contributed by atoms with Crippen molar-refractivity contribution >= 4 is 179 Å². The van der Waals surface area contributed by atoms with Gasteiger partial charge in [0.05, 0.1) is 108 Å². The van der Waals surface area contributed by atoms with E-state index in [0.717, 1.165) is 87.5 Å². The Hall–Kier alpha value is -15.9. The van der Waals surface area contributed by atoms with Crippen molar-refractivity contribution in [3.05, 3.63) is 138 Å². The predicted molar refractivity (Wildman–Crippen MR) is 441 cm³/mol. The van der Waals surface area contributed by atoms with E-state index in [1.165, 1.54) is 25.2 Å². The molecule has 10 saturated heterocycles. The topological polar surface area (TPSA) is 655 Å². The van der Waals surface area contributed by atoms with Crippen LogP contribution in [0.3, 0.4) is 0 Å². The van der Waals surface area contributed by atoms with Gasteiger partial charge < -0.3 is 81.1 Å². The molecule has 0 spiro atoms. The third-order valence-corrected chi connectivity index (χ3v) is 22.6. The van der Waals surface area contributed by atoms with E-state index in [4.69, 9.17) is 9.47 Å². The fourth-order valence-electron chi connectivity index (χ4n) is 14.7. The molecule has 2 aromatic carbocycles.